The number of fused-ring (bicyclic) bond motifs is 1. The summed E-state index contributed by atoms with van der Waals surface area (Å²) in [4.78, 5) is 13.0. The first-order chi connectivity index (χ1) is 9.26. The molecule has 0 N–H and O–H groups in total. The van der Waals surface area contributed by atoms with Crippen LogP contribution in [-0.2, 0) is 13.0 Å². The first kappa shape index (κ1) is 12.5. The van der Waals surface area contributed by atoms with Gasteiger partial charge in [0, 0.05) is 22.8 Å². The fourth-order valence-electron chi connectivity index (χ4n) is 2.38. The first-order valence-electron chi connectivity index (χ1n) is 6.56. The lowest BCUT2D eigenvalue weighted by Gasteiger charge is -2.07. The second kappa shape index (κ2) is 5.21. The van der Waals surface area contributed by atoms with E-state index in [1.165, 1.54) is 10.5 Å². The molecule has 2 aromatic rings. The van der Waals surface area contributed by atoms with E-state index in [9.17, 15) is 4.79 Å². The molecule has 0 aliphatic carbocycles. The molecule has 3 nitrogen and oxygen atoms in total. The van der Waals surface area contributed by atoms with E-state index in [1.807, 2.05) is 29.6 Å². The summed E-state index contributed by atoms with van der Waals surface area (Å²) in [5.41, 5.74) is 2.15. The van der Waals surface area contributed by atoms with Gasteiger partial charge in [-0.05, 0) is 18.1 Å². The molecule has 0 amide bonds. The normalized spacial score (nSPS) is 17.4. The Balaban J connectivity index is 1.68. The number of aromatic nitrogens is 2. The average Bonchev–Trinajstić information content (AvgIpc) is 3.04. The van der Waals surface area contributed by atoms with E-state index in [2.05, 4.69) is 29.4 Å². The molecule has 0 radical (unpaired) electrons. The molecule has 19 heavy (non-hydrogen) atoms. The third kappa shape index (κ3) is 2.59. The Bertz CT molecular complexity index is 581. The predicted molar refractivity (Wildman–Crippen MR) is 76.6 cm³/mol. The Morgan fingerprint density at radius 3 is 3.11 bits per heavy atom. The molecule has 0 bridgehead atoms. The summed E-state index contributed by atoms with van der Waals surface area (Å²) in [6.07, 6.45) is 5.17. The molecule has 4 heteroatoms. The van der Waals surface area contributed by atoms with Crippen molar-refractivity contribution in [3.05, 3.63) is 47.8 Å². The van der Waals surface area contributed by atoms with Gasteiger partial charge in [0.15, 0.2) is 5.78 Å². The van der Waals surface area contributed by atoms with E-state index in [1.54, 1.807) is 6.20 Å². The molecule has 0 saturated heterocycles. The highest BCUT2D eigenvalue weighted by atomic mass is 32.2. The lowest BCUT2D eigenvalue weighted by Crippen LogP contribution is -2.12. The van der Waals surface area contributed by atoms with Crippen molar-refractivity contribution in [2.75, 3.05) is 0 Å². The predicted octanol–water partition coefficient (Wildman–Crippen LogP) is 3.19. The number of carbonyl (C=O) groups excluding carboxylic acids is 1. The third-order valence-electron chi connectivity index (χ3n) is 3.38. The van der Waals surface area contributed by atoms with E-state index in [4.69, 9.17) is 0 Å². The number of Topliss-reactive ketones (excluding diaryl/α,β-unsaturated/α-hetero) is 1. The maximum Gasteiger partial charge on any atom is 0.165 e. The molecule has 3 rings (SSSR count). The summed E-state index contributed by atoms with van der Waals surface area (Å²) >= 11 is 1.91. The topological polar surface area (TPSA) is 34.9 Å². The molecule has 1 aliphatic rings. The van der Waals surface area contributed by atoms with Crippen molar-refractivity contribution in [1.29, 1.82) is 0 Å². The summed E-state index contributed by atoms with van der Waals surface area (Å²) in [6.45, 7) is 2.74. The maximum atomic E-state index is 11.6. The summed E-state index contributed by atoms with van der Waals surface area (Å²) in [5, 5.41) is 4.81. The minimum absolute atomic E-state index is 0.161. The van der Waals surface area contributed by atoms with Gasteiger partial charge in [-0.25, -0.2) is 0 Å². The SMILES string of the molecule is CCC(=O)c1cnn(CC2Cc3ccccc3S2)c1. The second-order valence-electron chi connectivity index (χ2n) is 4.78. The number of rotatable bonds is 4. The highest BCUT2D eigenvalue weighted by Gasteiger charge is 2.22. The van der Waals surface area contributed by atoms with Gasteiger partial charge in [-0.1, -0.05) is 25.1 Å². The average molecular weight is 272 g/mol. The van der Waals surface area contributed by atoms with Crippen molar-refractivity contribution in [3.63, 3.8) is 0 Å². The van der Waals surface area contributed by atoms with Crippen molar-refractivity contribution in [1.82, 2.24) is 9.78 Å². The molecule has 1 aromatic carbocycles. The van der Waals surface area contributed by atoms with E-state index in [0.29, 0.717) is 11.7 Å². The van der Waals surface area contributed by atoms with Crippen LogP contribution < -0.4 is 0 Å². The number of benzene rings is 1. The van der Waals surface area contributed by atoms with Gasteiger partial charge in [0.25, 0.3) is 0 Å². The number of carbonyl (C=O) groups is 1. The third-order valence-corrected chi connectivity index (χ3v) is 4.68. The van der Waals surface area contributed by atoms with Gasteiger partial charge in [-0.3, -0.25) is 9.48 Å². The molecular formula is C15H16N2OS. The number of thioether (sulfide) groups is 1. The zero-order chi connectivity index (χ0) is 13.2. The van der Waals surface area contributed by atoms with Crippen LogP contribution >= 0.6 is 11.8 Å². The number of nitrogens with zero attached hydrogens (tertiary/aromatic N) is 2. The maximum absolute atomic E-state index is 11.6. The van der Waals surface area contributed by atoms with Gasteiger partial charge in [0.2, 0.25) is 0 Å². The highest BCUT2D eigenvalue weighted by molar-refractivity contribution is 8.00. The summed E-state index contributed by atoms with van der Waals surface area (Å²) in [7, 11) is 0. The van der Waals surface area contributed by atoms with Gasteiger partial charge in [-0.2, -0.15) is 5.10 Å². The van der Waals surface area contributed by atoms with Crippen LogP contribution in [0.25, 0.3) is 0 Å². The minimum atomic E-state index is 0.161. The quantitative estimate of drug-likeness (QED) is 0.802. The Morgan fingerprint density at radius 2 is 2.32 bits per heavy atom. The van der Waals surface area contributed by atoms with Gasteiger partial charge in [-0.15, -0.1) is 11.8 Å². The Kier molecular flexibility index (Phi) is 3.42. The molecular weight excluding hydrogens is 256 g/mol. The summed E-state index contributed by atoms with van der Waals surface area (Å²) < 4.78 is 1.90. The fraction of sp³-hybridized carbons (Fsp3) is 0.333. The van der Waals surface area contributed by atoms with E-state index >= 15 is 0 Å². The van der Waals surface area contributed by atoms with Crippen molar-refractivity contribution in [3.8, 4) is 0 Å². The molecule has 1 unspecified atom stereocenters. The Hall–Kier alpha value is -1.55. The molecule has 0 spiro atoms. The molecule has 1 aliphatic heterocycles. The number of hydrogen-bond acceptors (Lipinski definition) is 3. The van der Waals surface area contributed by atoms with Crippen molar-refractivity contribution in [2.24, 2.45) is 0 Å². The van der Waals surface area contributed by atoms with Crippen LogP contribution in [0.3, 0.4) is 0 Å². The van der Waals surface area contributed by atoms with Crippen LogP contribution in [0.15, 0.2) is 41.6 Å². The highest BCUT2D eigenvalue weighted by Crippen LogP contribution is 2.37. The first-order valence-corrected chi connectivity index (χ1v) is 7.44. The summed E-state index contributed by atoms with van der Waals surface area (Å²) in [6, 6.07) is 8.54. The van der Waals surface area contributed by atoms with E-state index < -0.39 is 0 Å². The Labute approximate surface area is 117 Å². The molecule has 0 fully saturated rings. The Morgan fingerprint density at radius 1 is 1.47 bits per heavy atom. The molecule has 1 atom stereocenters. The number of hydrogen-bond donors (Lipinski definition) is 0. The van der Waals surface area contributed by atoms with Crippen LogP contribution in [0, 0.1) is 0 Å². The fourth-order valence-corrected chi connectivity index (χ4v) is 3.69. The van der Waals surface area contributed by atoms with Gasteiger partial charge >= 0.3 is 0 Å². The van der Waals surface area contributed by atoms with Crippen LogP contribution in [0.1, 0.15) is 29.3 Å². The van der Waals surface area contributed by atoms with E-state index in [0.717, 1.165) is 18.5 Å². The van der Waals surface area contributed by atoms with Gasteiger partial charge < -0.3 is 0 Å². The smallest absolute Gasteiger partial charge is 0.165 e. The lowest BCUT2D eigenvalue weighted by molar-refractivity contribution is 0.0988. The van der Waals surface area contributed by atoms with Crippen LogP contribution in [0.5, 0.6) is 0 Å². The lowest BCUT2D eigenvalue weighted by atomic mass is 10.1. The van der Waals surface area contributed by atoms with Crippen molar-refractivity contribution in [2.45, 2.75) is 36.5 Å². The van der Waals surface area contributed by atoms with Crippen LogP contribution in [0.4, 0.5) is 0 Å². The van der Waals surface area contributed by atoms with E-state index in [-0.39, 0.29) is 5.78 Å². The van der Waals surface area contributed by atoms with Crippen LogP contribution in [-0.4, -0.2) is 20.8 Å². The van der Waals surface area contributed by atoms with Crippen LogP contribution in [0.2, 0.25) is 0 Å². The van der Waals surface area contributed by atoms with Gasteiger partial charge in [0.05, 0.1) is 18.3 Å². The molecule has 1 aromatic heterocycles. The van der Waals surface area contributed by atoms with Gasteiger partial charge in [0.1, 0.15) is 0 Å². The molecule has 98 valence electrons. The zero-order valence-electron chi connectivity index (χ0n) is 10.9. The second-order valence-corrected chi connectivity index (χ2v) is 6.12. The van der Waals surface area contributed by atoms with Crippen molar-refractivity contribution >= 4 is 17.5 Å². The minimum Gasteiger partial charge on any atom is -0.294 e. The zero-order valence-corrected chi connectivity index (χ0v) is 11.7. The van der Waals surface area contributed by atoms with Crippen molar-refractivity contribution < 1.29 is 4.79 Å². The monoisotopic (exact) mass is 272 g/mol. The largest absolute Gasteiger partial charge is 0.294 e. The molecule has 0 saturated carbocycles. The standard InChI is InChI=1S/C15H16N2OS/c1-2-14(18)12-8-16-17(9-12)10-13-7-11-5-3-4-6-15(11)19-13/h3-6,8-9,13H,2,7,10H2,1H3. The molecule has 2 heterocycles. The number of ketones is 1. The summed E-state index contributed by atoms with van der Waals surface area (Å²) in [5.74, 6) is 0.161.